The molecule has 1 aliphatic heterocycles. The van der Waals surface area contributed by atoms with Gasteiger partial charge < -0.3 is 15.4 Å². The number of ether oxygens (including phenoxy) is 1. The van der Waals surface area contributed by atoms with Gasteiger partial charge in [-0.15, -0.1) is 0 Å². The van der Waals surface area contributed by atoms with Crippen molar-refractivity contribution in [1.29, 1.82) is 0 Å². The van der Waals surface area contributed by atoms with Crippen molar-refractivity contribution < 1.29 is 9.53 Å². The number of carbonyl (C=O) groups is 1. The minimum absolute atomic E-state index is 0.131. The van der Waals surface area contributed by atoms with E-state index in [0.717, 1.165) is 11.4 Å². The molecule has 96 valence electrons. The summed E-state index contributed by atoms with van der Waals surface area (Å²) in [4.78, 5) is 13.7. The van der Waals surface area contributed by atoms with Crippen molar-refractivity contribution in [2.75, 3.05) is 24.6 Å². The summed E-state index contributed by atoms with van der Waals surface area (Å²) in [5.41, 5.74) is 6.49. The molecule has 2 rings (SSSR count). The first-order valence-electron chi connectivity index (χ1n) is 6.08. The third-order valence-electron chi connectivity index (χ3n) is 3.04. The maximum atomic E-state index is 11.9. The quantitative estimate of drug-likeness (QED) is 0.802. The second-order valence-electron chi connectivity index (χ2n) is 4.41. The molecule has 1 aliphatic rings. The number of anilines is 1. The highest BCUT2D eigenvalue weighted by Gasteiger charge is 2.29. The molecule has 1 saturated heterocycles. The summed E-state index contributed by atoms with van der Waals surface area (Å²) in [6, 6.07) is 7.54. The fourth-order valence-corrected chi connectivity index (χ4v) is 2.09. The largest absolute Gasteiger partial charge is 0.489 e. The van der Waals surface area contributed by atoms with Crippen molar-refractivity contribution in [1.82, 2.24) is 0 Å². The van der Waals surface area contributed by atoms with Crippen molar-refractivity contribution in [3.63, 3.8) is 0 Å². The summed E-state index contributed by atoms with van der Waals surface area (Å²) in [7, 11) is 0. The van der Waals surface area contributed by atoms with Crippen LogP contribution in [0, 0.1) is 5.92 Å². The fraction of sp³-hybridized carbons (Fsp3) is 0.357. The highest BCUT2D eigenvalue weighted by molar-refractivity contribution is 5.95. The van der Waals surface area contributed by atoms with E-state index in [2.05, 4.69) is 6.58 Å². The van der Waals surface area contributed by atoms with Crippen LogP contribution < -0.4 is 15.4 Å². The van der Waals surface area contributed by atoms with Gasteiger partial charge >= 0.3 is 0 Å². The second-order valence-corrected chi connectivity index (χ2v) is 4.41. The molecule has 0 aliphatic carbocycles. The summed E-state index contributed by atoms with van der Waals surface area (Å²) in [6.07, 6.45) is 2.23. The number of amides is 1. The Morgan fingerprint density at radius 3 is 3.06 bits per heavy atom. The number of nitrogens with two attached hydrogens (primary N) is 1. The lowest BCUT2D eigenvalue weighted by molar-refractivity contribution is -0.117. The van der Waals surface area contributed by atoms with Crippen LogP contribution in [-0.4, -0.2) is 25.6 Å². The van der Waals surface area contributed by atoms with E-state index < -0.39 is 0 Å². The number of carbonyl (C=O) groups excluding carboxylic acids is 1. The van der Waals surface area contributed by atoms with Crippen LogP contribution in [0.1, 0.15) is 6.42 Å². The highest BCUT2D eigenvalue weighted by Crippen LogP contribution is 2.27. The van der Waals surface area contributed by atoms with Gasteiger partial charge in [-0.3, -0.25) is 4.79 Å². The molecule has 18 heavy (non-hydrogen) atoms. The molecule has 0 bridgehead atoms. The Bertz CT molecular complexity index is 445. The van der Waals surface area contributed by atoms with Crippen LogP contribution in [0.15, 0.2) is 36.9 Å². The zero-order valence-electron chi connectivity index (χ0n) is 10.3. The molecule has 1 heterocycles. The second kappa shape index (κ2) is 5.69. The van der Waals surface area contributed by atoms with Gasteiger partial charge in [-0.1, -0.05) is 18.7 Å². The van der Waals surface area contributed by atoms with Gasteiger partial charge in [-0.2, -0.15) is 0 Å². The Labute approximate surface area is 107 Å². The molecule has 1 unspecified atom stereocenters. The van der Waals surface area contributed by atoms with Gasteiger partial charge in [0.15, 0.2) is 0 Å². The third-order valence-corrected chi connectivity index (χ3v) is 3.04. The lowest BCUT2D eigenvalue weighted by Crippen LogP contribution is -2.25. The van der Waals surface area contributed by atoms with E-state index in [1.54, 1.807) is 11.0 Å². The normalized spacial score (nSPS) is 19.1. The molecule has 1 aromatic carbocycles. The SMILES string of the molecule is C=CCOc1cccc(N2CC(CN)CC2=O)c1. The number of rotatable bonds is 5. The molecule has 4 nitrogen and oxygen atoms in total. The molecule has 0 radical (unpaired) electrons. The molecule has 1 aromatic rings. The van der Waals surface area contributed by atoms with Gasteiger partial charge in [0.25, 0.3) is 0 Å². The van der Waals surface area contributed by atoms with Gasteiger partial charge in [-0.25, -0.2) is 0 Å². The molecule has 1 amide bonds. The molecule has 1 atom stereocenters. The summed E-state index contributed by atoms with van der Waals surface area (Å²) in [5.74, 6) is 1.14. The van der Waals surface area contributed by atoms with Gasteiger partial charge in [0.1, 0.15) is 12.4 Å². The molecule has 0 spiro atoms. The first-order chi connectivity index (χ1) is 8.74. The van der Waals surface area contributed by atoms with Gasteiger partial charge in [0.2, 0.25) is 5.91 Å². The maximum Gasteiger partial charge on any atom is 0.227 e. The number of hydrogen-bond acceptors (Lipinski definition) is 3. The first-order valence-corrected chi connectivity index (χ1v) is 6.08. The minimum atomic E-state index is 0.131. The van der Waals surface area contributed by atoms with Crippen LogP contribution in [0.5, 0.6) is 5.75 Å². The monoisotopic (exact) mass is 246 g/mol. The fourth-order valence-electron chi connectivity index (χ4n) is 2.09. The van der Waals surface area contributed by atoms with E-state index in [4.69, 9.17) is 10.5 Å². The summed E-state index contributed by atoms with van der Waals surface area (Å²) in [5, 5.41) is 0. The number of nitrogens with zero attached hydrogens (tertiary/aromatic N) is 1. The Balaban J connectivity index is 2.13. The zero-order valence-corrected chi connectivity index (χ0v) is 10.3. The third kappa shape index (κ3) is 2.71. The van der Waals surface area contributed by atoms with Gasteiger partial charge in [0, 0.05) is 24.7 Å². The van der Waals surface area contributed by atoms with Crippen LogP contribution in [0.4, 0.5) is 5.69 Å². The molecular weight excluding hydrogens is 228 g/mol. The first kappa shape index (κ1) is 12.6. The summed E-state index contributed by atoms with van der Waals surface area (Å²) >= 11 is 0. The van der Waals surface area contributed by atoms with Crippen molar-refractivity contribution in [2.24, 2.45) is 11.7 Å². The average molecular weight is 246 g/mol. The highest BCUT2D eigenvalue weighted by atomic mass is 16.5. The van der Waals surface area contributed by atoms with E-state index in [1.165, 1.54) is 0 Å². The minimum Gasteiger partial charge on any atom is -0.489 e. The average Bonchev–Trinajstić information content (AvgIpc) is 2.78. The number of benzene rings is 1. The van der Waals surface area contributed by atoms with E-state index in [1.807, 2.05) is 24.3 Å². The smallest absolute Gasteiger partial charge is 0.227 e. The van der Waals surface area contributed by atoms with Crippen LogP contribution >= 0.6 is 0 Å². The Kier molecular flexibility index (Phi) is 3.99. The van der Waals surface area contributed by atoms with E-state index in [9.17, 15) is 4.79 Å². The van der Waals surface area contributed by atoms with Crippen molar-refractivity contribution in [3.8, 4) is 5.75 Å². The van der Waals surface area contributed by atoms with Crippen molar-refractivity contribution in [3.05, 3.63) is 36.9 Å². The van der Waals surface area contributed by atoms with Crippen LogP contribution in [-0.2, 0) is 4.79 Å². The summed E-state index contributed by atoms with van der Waals surface area (Å²) in [6.45, 7) is 5.31. The van der Waals surface area contributed by atoms with E-state index >= 15 is 0 Å². The standard InChI is InChI=1S/C14H18N2O2/c1-2-6-18-13-5-3-4-12(8-13)16-10-11(9-15)7-14(16)17/h2-5,8,11H,1,6-7,9-10,15H2. The lowest BCUT2D eigenvalue weighted by atomic mass is 10.1. The molecule has 1 fully saturated rings. The molecule has 0 aromatic heterocycles. The maximum absolute atomic E-state index is 11.9. The Morgan fingerprint density at radius 1 is 1.56 bits per heavy atom. The van der Waals surface area contributed by atoms with E-state index in [0.29, 0.717) is 26.1 Å². The van der Waals surface area contributed by atoms with Gasteiger partial charge in [0.05, 0.1) is 0 Å². The number of hydrogen-bond donors (Lipinski definition) is 1. The summed E-state index contributed by atoms with van der Waals surface area (Å²) < 4.78 is 5.46. The predicted molar refractivity (Wildman–Crippen MR) is 71.6 cm³/mol. The molecular formula is C14H18N2O2. The van der Waals surface area contributed by atoms with Crippen molar-refractivity contribution in [2.45, 2.75) is 6.42 Å². The molecule has 0 saturated carbocycles. The van der Waals surface area contributed by atoms with E-state index in [-0.39, 0.29) is 11.8 Å². The lowest BCUT2D eigenvalue weighted by Gasteiger charge is -2.17. The Morgan fingerprint density at radius 2 is 2.39 bits per heavy atom. The van der Waals surface area contributed by atoms with Crippen molar-refractivity contribution >= 4 is 11.6 Å². The topological polar surface area (TPSA) is 55.6 Å². The molecule has 4 heteroatoms. The van der Waals surface area contributed by atoms with Crippen LogP contribution in [0.3, 0.4) is 0 Å². The van der Waals surface area contributed by atoms with Gasteiger partial charge in [-0.05, 0) is 24.6 Å². The van der Waals surface area contributed by atoms with Crippen LogP contribution in [0.2, 0.25) is 0 Å². The Hall–Kier alpha value is -1.81. The van der Waals surface area contributed by atoms with Crippen LogP contribution in [0.25, 0.3) is 0 Å². The predicted octanol–water partition coefficient (Wildman–Crippen LogP) is 1.56. The molecule has 2 N–H and O–H groups in total. The zero-order chi connectivity index (χ0) is 13.0.